The fourth-order valence-electron chi connectivity index (χ4n) is 3.34. The Bertz CT molecular complexity index is 476. The zero-order valence-electron chi connectivity index (χ0n) is 14.3. The molecule has 1 aromatic rings. The SMILES string of the molecule is CCc1cccc(CC)c1NCCC(=O)N1CCCC(C)C1. The normalized spacial score (nSPS) is 18.3. The van der Waals surface area contributed by atoms with Crippen LogP contribution in [0, 0.1) is 5.92 Å². The molecule has 122 valence electrons. The molecule has 2 rings (SSSR count). The fourth-order valence-corrected chi connectivity index (χ4v) is 3.34. The quantitative estimate of drug-likeness (QED) is 0.865. The highest BCUT2D eigenvalue weighted by Crippen LogP contribution is 2.22. The number of piperidine rings is 1. The van der Waals surface area contributed by atoms with E-state index in [0.717, 1.165) is 38.9 Å². The van der Waals surface area contributed by atoms with Gasteiger partial charge in [-0.1, -0.05) is 39.0 Å². The van der Waals surface area contributed by atoms with Crippen LogP contribution in [-0.4, -0.2) is 30.4 Å². The molecule has 0 aliphatic carbocycles. The first-order chi connectivity index (χ1) is 10.7. The van der Waals surface area contributed by atoms with Crippen molar-refractivity contribution in [2.75, 3.05) is 25.0 Å². The first-order valence-electron chi connectivity index (χ1n) is 8.78. The number of nitrogens with zero attached hydrogens (tertiary/aromatic N) is 1. The molecule has 1 heterocycles. The van der Waals surface area contributed by atoms with Crippen LogP contribution in [0.2, 0.25) is 0 Å². The van der Waals surface area contributed by atoms with Crippen molar-refractivity contribution < 1.29 is 4.79 Å². The van der Waals surface area contributed by atoms with Gasteiger partial charge in [-0.05, 0) is 42.7 Å². The van der Waals surface area contributed by atoms with Crippen molar-refractivity contribution in [1.29, 1.82) is 0 Å². The maximum atomic E-state index is 12.3. The lowest BCUT2D eigenvalue weighted by Gasteiger charge is -2.31. The Hall–Kier alpha value is -1.51. The predicted octanol–water partition coefficient (Wildman–Crippen LogP) is 3.87. The molecule has 22 heavy (non-hydrogen) atoms. The molecule has 1 N–H and O–H groups in total. The van der Waals surface area contributed by atoms with Gasteiger partial charge in [0.15, 0.2) is 0 Å². The van der Waals surface area contributed by atoms with E-state index in [1.807, 2.05) is 4.90 Å². The zero-order chi connectivity index (χ0) is 15.9. The molecule has 0 radical (unpaired) electrons. The summed E-state index contributed by atoms with van der Waals surface area (Å²) in [5.41, 5.74) is 3.93. The second kappa shape index (κ2) is 8.21. The average molecular weight is 302 g/mol. The summed E-state index contributed by atoms with van der Waals surface area (Å²) in [4.78, 5) is 14.4. The molecule has 1 aromatic carbocycles. The van der Waals surface area contributed by atoms with Crippen molar-refractivity contribution in [2.45, 2.75) is 52.9 Å². The molecular formula is C19H30N2O. The average Bonchev–Trinajstić information content (AvgIpc) is 2.54. The molecule has 1 atom stereocenters. The number of carbonyl (C=O) groups is 1. The van der Waals surface area contributed by atoms with Gasteiger partial charge in [-0.3, -0.25) is 4.79 Å². The maximum Gasteiger partial charge on any atom is 0.224 e. The Morgan fingerprint density at radius 1 is 1.27 bits per heavy atom. The van der Waals surface area contributed by atoms with E-state index in [1.165, 1.54) is 23.2 Å². The van der Waals surface area contributed by atoms with Gasteiger partial charge in [0.2, 0.25) is 5.91 Å². The minimum absolute atomic E-state index is 0.297. The van der Waals surface area contributed by atoms with Gasteiger partial charge in [-0.15, -0.1) is 0 Å². The van der Waals surface area contributed by atoms with Crippen LogP contribution in [0.1, 0.15) is 51.2 Å². The van der Waals surface area contributed by atoms with Gasteiger partial charge < -0.3 is 10.2 Å². The molecule has 1 saturated heterocycles. The van der Waals surface area contributed by atoms with Crippen LogP contribution < -0.4 is 5.32 Å². The number of benzene rings is 1. The maximum absolute atomic E-state index is 12.3. The van der Waals surface area contributed by atoms with Gasteiger partial charge in [0, 0.05) is 31.7 Å². The Balaban J connectivity index is 1.89. The number of carbonyl (C=O) groups excluding carboxylic acids is 1. The number of aryl methyl sites for hydroxylation is 2. The molecule has 1 unspecified atom stereocenters. The summed E-state index contributed by atoms with van der Waals surface area (Å²) >= 11 is 0. The summed E-state index contributed by atoms with van der Waals surface area (Å²) in [5.74, 6) is 0.948. The van der Waals surface area contributed by atoms with E-state index >= 15 is 0 Å². The third-order valence-corrected chi connectivity index (χ3v) is 4.65. The highest BCUT2D eigenvalue weighted by Gasteiger charge is 2.20. The second-order valence-electron chi connectivity index (χ2n) is 6.42. The zero-order valence-corrected chi connectivity index (χ0v) is 14.3. The number of likely N-dealkylation sites (tertiary alicyclic amines) is 1. The molecule has 0 aromatic heterocycles. The summed E-state index contributed by atoms with van der Waals surface area (Å²) in [6, 6.07) is 6.48. The van der Waals surface area contributed by atoms with E-state index in [1.54, 1.807) is 0 Å². The van der Waals surface area contributed by atoms with Gasteiger partial charge in [-0.2, -0.15) is 0 Å². The number of anilines is 1. The van der Waals surface area contributed by atoms with Crippen molar-refractivity contribution >= 4 is 11.6 Å². The van der Waals surface area contributed by atoms with Crippen molar-refractivity contribution in [1.82, 2.24) is 4.90 Å². The van der Waals surface area contributed by atoms with E-state index in [-0.39, 0.29) is 0 Å². The number of hydrogen-bond acceptors (Lipinski definition) is 2. The summed E-state index contributed by atoms with van der Waals surface area (Å²) in [6.07, 6.45) is 5.04. The molecular weight excluding hydrogens is 272 g/mol. The van der Waals surface area contributed by atoms with Crippen LogP contribution in [-0.2, 0) is 17.6 Å². The van der Waals surface area contributed by atoms with Gasteiger partial charge >= 0.3 is 0 Å². The molecule has 3 nitrogen and oxygen atoms in total. The molecule has 0 saturated carbocycles. The summed E-state index contributed by atoms with van der Waals surface area (Å²) < 4.78 is 0. The van der Waals surface area contributed by atoms with Gasteiger partial charge in [0.25, 0.3) is 0 Å². The molecule has 0 bridgehead atoms. The third-order valence-electron chi connectivity index (χ3n) is 4.65. The Labute approximate surface area is 135 Å². The topological polar surface area (TPSA) is 32.3 Å². The first kappa shape index (κ1) is 16.9. The summed E-state index contributed by atoms with van der Waals surface area (Å²) in [5, 5.41) is 3.52. The van der Waals surface area contributed by atoms with Gasteiger partial charge in [0.1, 0.15) is 0 Å². The summed E-state index contributed by atoms with van der Waals surface area (Å²) in [6.45, 7) is 9.20. The number of hydrogen-bond donors (Lipinski definition) is 1. The van der Waals surface area contributed by atoms with Crippen molar-refractivity contribution in [2.24, 2.45) is 5.92 Å². The standard InChI is InChI=1S/C19H30N2O/c1-4-16-9-6-10-17(5-2)19(16)20-12-11-18(22)21-13-7-8-15(3)14-21/h6,9-10,15,20H,4-5,7-8,11-14H2,1-3H3. The number of nitrogens with one attached hydrogen (secondary N) is 1. The van der Waals surface area contributed by atoms with Crippen LogP contribution in [0.5, 0.6) is 0 Å². The fraction of sp³-hybridized carbons (Fsp3) is 0.632. The van der Waals surface area contributed by atoms with E-state index in [4.69, 9.17) is 0 Å². The lowest BCUT2D eigenvalue weighted by Crippen LogP contribution is -2.39. The van der Waals surface area contributed by atoms with Crippen LogP contribution in [0.3, 0.4) is 0 Å². The molecule has 1 amide bonds. The van der Waals surface area contributed by atoms with Crippen molar-refractivity contribution in [3.05, 3.63) is 29.3 Å². The minimum atomic E-state index is 0.297. The van der Waals surface area contributed by atoms with Crippen LogP contribution >= 0.6 is 0 Å². The number of para-hydroxylation sites is 1. The Kier molecular flexibility index (Phi) is 6.29. The van der Waals surface area contributed by atoms with E-state index in [2.05, 4.69) is 44.3 Å². The van der Waals surface area contributed by atoms with E-state index < -0.39 is 0 Å². The van der Waals surface area contributed by atoms with Crippen molar-refractivity contribution in [3.63, 3.8) is 0 Å². The highest BCUT2D eigenvalue weighted by atomic mass is 16.2. The van der Waals surface area contributed by atoms with Gasteiger partial charge in [0.05, 0.1) is 0 Å². The lowest BCUT2D eigenvalue weighted by molar-refractivity contribution is -0.132. The Morgan fingerprint density at radius 3 is 2.55 bits per heavy atom. The monoisotopic (exact) mass is 302 g/mol. The molecule has 0 spiro atoms. The van der Waals surface area contributed by atoms with Crippen LogP contribution in [0.25, 0.3) is 0 Å². The largest absolute Gasteiger partial charge is 0.384 e. The summed E-state index contributed by atoms with van der Waals surface area (Å²) in [7, 11) is 0. The van der Waals surface area contributed by atoms with E-state index in [9.17, 15) is 4.79 Å². The first-order valence-corrected chi connectivity index (χ1v) is 8.78. The second-order valence-corrected chi connectivity index (χ2v) is 6.42. The predicted molar refractivity (Wildman–Crippen MR) is 93.3 cm³/mol. The highest BCUT2D eigenvalue weighted by molar-refractivity contribution is 5.77. The third kappa shape index (κ3) is 4.25. The van der Waals surface area contributed by atoms with E-state index in [0.29, 0.717) is 18.2 Å². The molecule has 1 fully saturated rings. The number of amides is 1. The lowest BCUT2D eigenvalue weighted by atomic mass is 10.00. The van der Waals surface area contributed by atoms with Gasteiger partial charge in [-0.25, -0.2) is 0 Å². The molecule has 3 heteroatoms. The van der Waals surface area contributed by atoms with Crippen molar-refractivity contribution in [3.8, 4) is 0 Å². The molecule has 1 aliphatic rings. The molecule has 1 aliphatic heterocycles. The Morgan fingerprint density at radius 2 is 1.95 bits per heavy atom. The van der Waals surface area contributed by atoms with Crippen LogP contribution in [0.4, 0.5) is 5.69 Å². The number of rotatable bonds is 6. The smallest absolute Gasteiger partial charge is 0.224 e. The van der Waals surface area contributed by atoms with Crippen LogP contribution in [0.15, 0.2) is 18.2 Å². The minimum Gasteiger partial charge on any atom is -0.384 e.